The number of nitrogens with one attached hydrogen (secondary N) is 1. The summed E-state index contributed by atoms with van der Waals surface area (Å²) >= 11 is 7.76. The minimum absolute atomic E-state index is 0.507. The minimum Gasteiger partial charge on any atom is -0.486 e. The first kappa shape index (κ1) is 13.3. The lowest BCUT2D eigenvalue weighted by atomic mass is 10.2. The van der Waals surface area contributed by atoms with Crippen LogP contribution in [0.3, 0.4) is 0 Å². The van der Waals surface area contributed by atoms with E-state index in [0.29, 0.717) is 11.6 Å². The van der Waals surface area contributed by atoms with Crippen molar-refractivity contribution in [1.29, 1.82) is 0 Å². The Morgan fingerprint density at radius 2 is 2.33 bits per heavy atom. The molecule has 0 aliphatic rings. The Kier molecular flexibility index (Phi) is 4.99. The topological polar surface area (TPSA) is 34.1 Å². The molecular weight excluding hydrogens is 268 g/mol. The zero-order valence-corrected chi connectivity index (χ0v) is 11.7. The van der Waals surface area contributed by atoms with Crippen LogP contribution in [0.5, 0.6) is 5.75 Å². The summed E-state index contributed by atoms with van der Waals surface area (Å²) in [5.41, 5.74) is 2.87. The lowest BCUT2D eigenvalue weighted by Crippen LogP contribution is -2.13. The van der Waals surface area contributed by atoms with E-state index in [9.17, 15) is 0 Å². The molecule has 1 aromatic heterocycles. The van der Waals surface area contributed by atoms with Gasteiger partial charge in [0, 0.05) is 18.3 Å². The van der Waals surface area contributed by atoms with Crippen LogP contribution in [-0.4, -0.2) is 11.5 Å². The molecule has 0 spiro atoms. The predicted molar refractivity (Wildman–Crippen MR) is 75.3 cm³/mol. The first-order chi connectivity index (χ1) is 8.81. The molecule has 96 valence electrons. The van der Waals surface area contributed by atoms with Gasteiger partial charge in [-0.2, -0.15) is 0 Å². The van der Waals surface area contributed by atoms with Crippen LogP contribution in [0.1, 0.15) is 17.4 Å². The Balaban J connectivity index is 2.09. The first-order valence-corrected chi connectivity index (χ1v) is 7.05. The highest BCUT2D eigenvalue weighted by molar-refractivity contribution is 7.09. The number of aromatic nitrogens is 1. The Labute approximate surface area is 116 Å². The van der Waals surface area contributed by atoms with E-state index in [1.807, 2.05) is 24.4 Å². The van der Waals surface area contributed by atoms with Crippen LogP contribution in [-0.2, 0) is 13.2 Å². The van der Waals surface area contributed by atoms with Crippen LogP contribution < -0.4 is 10.1 Å². The molecule has 0 aliphatic heterocycles. The average Bonchev–Trinajstić information content (AvgIpc) is 2.88. The molecule has 0 radical (unpaired) electrons. The van der Waals surface area contributed by atoms with Crippen molar-refractivity contribution >= 4 is 22.9 Å². The second-order valence-corrected chi connectivity index (χ2v) is 5.14. The fourth-order valence-corrected chi connectivity index (χ4v) is 2.33. The van der Waals surface area contributed by atoms with Gasteiger partial charge in [-0.1, -0.05) is 30.7 Å². The van der Waals surface area contributed by atoms with E-state index in [4.69, 9.17) is 16.3 Å². The van der Waals surface area contributed by atoms with Crippen molar-refractivity contribution < 1.29 is 4.74 Å². The highest BCUT2D eigenvalue weighted by Gasteiger charge is 2.08. The molecule has 0 unspecified atom stereocenters. The van der Waals surface area contributed by atoms with Gasteiger partial charge in [-0.25, -0.2) is 0 Å². The Morgan fingerprint density at radius 1 is 1.44 bits per heavy atom. The highest BCUT2D eigenvalue weighted by Crippen LogP contribution is 2.29. The number of hydrogen-bond donors (Lipinski definition) is 1. The standard InChI is InChI=1S/C13H15ClN2OS/c1-2-15-6-10-4-3-5-12(14)13(10)17-8-11-7-16-9-18-11/h3-5,7,9,15H,2,6,8H2,1H3. The third-order valence-corrected chi connectivity index (χ3v) is 3.51. The molecule has 1 heterocycles. The summed E-state index contributed by atoms with van der Waals surface area (Å²) in [6, 6.07) is 5.81. The van der Waals surface area contributed by atoms with Crippen molar-refractivity contribution in [3.8, 4) is 5.75 Å². The lowest BCUT2D eigenvalue weighted by Gasteiger charge is -2.12. The third-order valence-electron chi connectivity index (χ3n) is 2.46. The number of halogens is 1. The van der Waals surface area contributed by atoms with Gasteiger partial charge in [-0.05, 0) is 12.6 Å². The van der Waals surface area contributed by atoms with Gasteiger partial charge in [0.1, 0.15) is 12.4 Å². The van der Waals surface area contributed by atoms with Gasteiger partial charge in [0.25, 0.3) is 0 Å². The second-order valence-electron chi connectivity index (χ2n) is 3.76. The molecule has 1 aromatic carbocycles. The number of hydrogen-bond acceptors (Lipinski definition) is 4. The number of para-hydroxylation sites is 1. The van der Waals surface area contributed by atoms with Crippen LogP contribution in [0.2, 0.25) is 5.02 Å². The van der Waals surface area contributed by atoms with Crippen molar-refractivity contribution in [3.05, 3.63) is 45.4 Å². The molecular formula is C13H15ClN2OS. The molecule has 1 N–H and O–H groups in total. The quantitative estimate of drug-likeness (QED) is 0.881. The fourth-order valence-electron chi connectivity index (χ4n) is 1.57. The number of ether oxygens (including phenoxy) is 1. The number of thiazole rings is 1. The summed E-state index contributed by atoms with van der Waals surface area (Å²) in [5, 5.41) is 3.93. The summed E-state index contributed by atoms with van der Waals surface area (Å²) in [5.74, 6) is 0.758. The summed E-state index contributed by atoms with van der Waals surface area (Å²) in [6.07, 6.45) is 1.81. The average molecular weight is 283 g/mol. The van der Waals surface area contributed by atoms with E-state index in [1.54, 1.807) is 16.8 Å². The molecule has 2 aromatic rings. The van der Waals surface area contributed by atoms with E-state index in [1.165, 1.54) is 0 Å². The smallest absolute Gasteiger partial charge is 0.142 e. The number of nitrogens with zero attached hydrogens (tertiary/aromatic N) is 1. The Bertz CT molecular complexity index is 488. The Hall–Kier alpha value is -1.10. The molecule has 0 amide bonds. The zero-order valence-electron chi connectivity index (χ0n) is 10.1. The normalized spacial score (nSPS) is 10.6. The van der Waals surface area contributed by atoms with Crippen molar-refractivity contribution in [2.75, 3.05) is 6.54 Å². The zero-order chi connectivity index (χ0) is 12.8. The van der Waals surface area contributed by atoms with Crippen molar-refractivity contribution in [1.82, 2.24) is 10.3 Å². The molecule has 0 bridgehead atoms. The van der Waals surface area contributed by atoms with Gasteiger partial charge in [-0.15, -0.1) is 11.3 Å². The molecule has 18 heavy (non-hydrogen) atoms. The van der Waals surface area contributed by atoms with Gasteiger partial charge in [0.05, 0.1) is 15.4 Å². The van der Waals surface area contributed by atoms with E-state index in [0.717, 1.165) is 29.3 Å². The van der Waals surface area contributed by atoms with E-state index < -0.39 is 0 Å². The maximum Gasteiger partial charge on any atom is 0.142 e. The van der Waals surface area contributed by atoms with Gasteiger partial charge in [-0.3, -0.25) is 4.98 Å². The largest absolute Gasteiger partial charge is 0.486 e. The van der Waals surface area contributed by atoms with Gasteiger partial charge in [0.15, 0.2) is 0 Å². The van der Waals surface area contributed by atoms with Gasteiger partial charge >= 0.3 is 0 Å². The van der Waals surface area contributed by atoms with Crippen LogP contribution >= 0.6 is 22.9 Å². The van der Waals surface area contributed by atoms with Crippen molar-refractivity contribution in [2.45, 2.75) is 20.1 Å². The van der Waals surface area contributed by atoms with Crippen molar-refractivity contribution in [3.63, 3.8) is 0 Å². The third kappa shape index (κ3) is 3.45. The second kappa shape index (κ2) is 6.73. The maximum atomic E-state index is 6.18. The van der Waals surface area contributed by atoms with Gasteiger partial charge in [0.2, 0.25) is 0 Å². The SMILES string of the molecule is CCNCc1cccc(Cl)c1OCc1cncs1. The summed E-state index contributed by atoms with van der Waals surface area (Å²) in [4.78, 5) is 5.11. The summed E-state index contributed by atoms with van der Waals surface area (Å²) in [7, 11) is 0. The van der Waals surface area contributed by atoms with Gasteiger partial charge < -0.3 is 10.1 Å². The molecule has 3 nitrogen and oxygen atoms in total. The van der Waals surface area contributed by atoms with Crippen LogP contribution in [0.4, 0.5) is 0 Å². The van der Waals surface area contributed by atoms with Crippen LogP contribution in [0.25, 0.3) is 0 Å². The molecule has 0 saturated carbocycles. The Morgan fingerprint density at radius 3 is 3.06 bits per heavy atom. The first-order valence-electron chi connectivity index (χ1n) is 5.79. The predicted octanol–water partition coefficient (Wildman–Crippen LogP) is 3.49. The van der Waals surface area contributed by atoms with Crippen LogP contribution in [0.15, 0.2) is 29.9 Å². The molecule has 0 fully saturated rings. The maximum absolute atomic E-state index is 6.18. The van der Waals surface area contributed by atoms with Crippen LogP contribution in [0, 0.1) is 0 Å². The highest BCUT2D eigenvalue weighted by atomic mass is 35.5. The molecule has 0 atom stereocenters. The molecule has 0 aliphatic carbocycles. The summed E-state index contributed by atoms with van der Waals surface area (Å²) in [6.45, 7) is 4.26. The lowest BCUT2D eigenvalue weighted by molar-refractivity contribution is 0.305. The summed E-state index contributed by atoms with van der Waals surface area (Å²) < 4.78 is 5.81. The molecule has 2 rings (SSSR count). The van der Waals surface area contributed by atoms with Crippen molar-refractivity contribution in [2.24, 2.45) is 0 Å². The molecule has 0 saturated heterocycles. The number of rotatable bonds is 6. The van der Waals surface area contributed by atoms with E-state index >= 15 is 0 Å². The fraction of sp³-hybridized carbons (Fsp3) is 0.308. The minimum atomic E-state index is 0.507. The monoisotopic (exact) mass is 282 g/mol. The van der Waals surface area contributed by atoms with E-state index in [-0.39, 0.29) is 0 Å². The molecule has 5 heteroatoms. The number of benzene rings is 1. The van der Waals surface area contributed by atoms with E-state index in [2.05, 4.69) is 17.2 Å².